The number of amides is 2. The molecule has 0 bridgehead atoms. The fourth-order valence-corrected chi connectivity index (χ4v) is 9.01. The number of hydrogen-bond acceptors (Lipinski definition) is 8. The first-order valence-electron chi connectivity index (χ1n) is 21.2. The van der Waals surface area contributed by atoms with Crippen molar-refractivity contribution in [2.75, 3.05) is 18.8 Å². The monoisotopic (exact) mass is 839 g/mol. The molecule has 2 amide bonds. The maximum Gasteiger partial charge on any atom is 0.410 e. The van der Waals surface area contributed by atoms with E-state index in [9.17, 15) is 9.59 Å². The smallest absolute Gasteiger partial charge is 0.410 e. The molecule has 2 N–H and O–H groups in total. The topological polar surface area (TPSA) is 131 Å². The Morgan fingerprint density at radius 1 is 0.918 bits per heavy atom. The van der Waals surface area contributed by atoms with Gasteiger partial charge in [0, 0.05) is 40.7 Å². The molecular formula is C48H53N7O5S. The lowest BCUT2D eigenvalue weighted by Crippen LogP contribution is -2.40. The zero-order chi connectivity index (χ0) is 42.8. The number of thiol groups is 1. The molecule has 1 fully saturated rings. The highest BCUT2D eigenvalue weighted by Crippen LogP contribution is 2.42. The molecule has 13 heteroatoms. The van der Waals surface area contributed by atoms with Gasteiger partial charge in [-0.2, -0.15) is 12.6 Å². The quantitative estimate of drug-likeness (QED) is 0.130. The maximum atomic E-state index is 13.3. The molecule has 3 aromatic heterocycles. The summed E-state index contributed by atoms with van der Waals surface area (Å²) in [6.45, 7) is 14.9. The number of imidazole rings is 2. The molecule has 5 heterocycles. The van der Waals surface area contributed by atoms with Crippen molar-refractivity contribution >= 4 is 57.5 Å². The molecule has 0 unspecified atom stereocenters. The van der Waals surface area contributed by atoms with Gasteiger partial charge in [-0.05, 0) is 120 Å². The molecule has 2 aliphatic rings. The van der Waals surface area contributed by atoms with Gasteiger partial charge < -0.3 is 28.7 Å². The largest absolute Gasteiger partial charge is 0.472 e. The maximum absolute atomic E-state index is 13.3. The first kappa shape index (κ1) is 40.5. The zero-order valence-electron chi connectivity index (χ0n) is 35.8. The number of aromatic amines is 2. The Bertz CT molecular complexity index is 2810. The molecule has 0 spiro atoms. The predicted octanol–water partition coefficient (Wildman–Crippen LogP) is 11.4. The van der Waals surface area contributed by atoms with Gasteiger partial charge >= 0.3 is 12.2 Å². The van der Waals surface area contributed by atoms with Crippen LogP contribution in [0.3, 0.4) is 0 Å². The normalized spacial score (nSPS) is 15.8. The van der Waals surface area contributed by atoms with Crippen LogP contribution in [0.2, 0.25) is 0 Å². The van der Waals surface area contributed by atoms with E-state index in [2.05, 4.69) is 100.0 Å². The first-order valence-corrected chi connectivity index (χ1v) is 21.8. The summed E-state index contributed by atoms with van der Waals surface area (Å²) in [5.74, 6) is 2.66. The van der Waals surface area contributed by atoms with Crippen molar-refractivity contribution in [1.82, 2.24) is 34.3 Å². The summed E-state index contributed by atoms with van der Waals surface area (Å²) in [6, 6.07) is 25.2. The zero-order valence-corrected chi connectivity index (χ0v) is 36.7. The number of H-pyrrole nitrogens is 2. The highest BCUT2D eigenvalue weighted by Gasteiger charge is 2.35. The summed E-state index contributed by atoms with van der Waals surface area (Å²) in [4.78, 5) is 46.5. The molecule has 2 atom stereocenters. The lowest BCUT2D eigenvalue weighted by molar-refractivity contribution is 0.0169. The van der Waals surface area contributed by atoms with Gasteiger partial charge in [-0.3, -0.25) is 9.80 Å². The fraction of sp³-hybridized carbons (Fsp3) is 0.375. The molecule has 2 aliphatic heterocycles. The number of nitrogens with one attached hydrogen (secondary N) is 2. The van der Waals surface area contributed by atoms with Gasteiger partial charge in [0.25, 0.3) is 0 Å². The van der Waals surface area contributed by atoms with Crippen molar-refractivity contribution in [1.29, 1.82) is 0 Å². The third-order valence-corrected chi connectivity index (χ3v) is 11.7. The Morgan fingerprint density at radius 2 is 1.67 bits per heavy atom. The van der Waals surface area contributed by atoms with Crippen LogP contribution in [0.4, 0.5) is 9.59 Å². The standard InChI is InChI=1S/C48H53N7O5S/c1-8-19-53(45(56)59-47(2,3)4)40(26-61)44-50-35-17-13-30-21-28(11-15-33(30)42(35)52-44)29-14-18-37-32(22-29)23-39-34-16-12-31(24-41(34)58-27-55(37)39)36-25-49-43(51-36)38-10-9-20-54(38)46(57)60-48(5,6)7/h11-18,21-25,38,40,61H,8-10,19-20,26-27H2,1-7H3,(H,49,51)(H,50,52)/t38-,40+/m0/s1. The second-order valence-corrected chi connectivity index (χ2v) is 18.5. The fourth-order valence-electron chi connectivity index (χ4n) is 8.64. The van der Waals surface area contributed by atoms with E-state index in [4.69, 9.17) is 24.2 Å². The number of fused-ring (bicyclic) bond motifs is 8. The summed E-state index contributed by atoms with van der Waals surface area (Å²) in [5.41, 5.74) is 7.88. The van der Waals surface area contributed by atoms with E-state index in [0.717, 1.165) is 97.2 Å². The van der Waals surface area contributed by atoms with E-state index in [1.165, 1.54) is 0 Å². The number of nitrogens with zero attached hydrogens (tertiary/aromatic N) is 5. The van der Waals surface area contributed by atoms with Crippen molar-refractivity contribution in [3.63, 3.8) is 0 Å². The van der Waals surface area contributed by atoms with Crippen molar-refractivity contribution in [3.8, 4) is 39.4 Å². The molecule has 7 aromatic rings. The van der Waals surface area contributed by atoms with Crippen molar-refractivity contribution < 1.29 is 23.8 Å². The molecule has 12 nitrogen and oxygen atoms in total. The van der Waals surface area contributed by atoms with Gasteiger partial charge in [0.15, 0.2) is 6.73 Å². The van der Waals surface area contributed by atoms with Gasteiger partial charge in [0.1, 0.15) is 34.6 Å². The van der Waals surface area contributed by atoms with Crippen LogP contribution in [-0.4, -0.2) is 76.5 Å². The summed E-state index contributed by atoms with van der Waals surface area (Å²) < 4.78 is 20.0. The molecule has 0 aliphatic carbocycles. The summed E-state index contributed by atoms with van der Waals surface area (Å²) >= 11 is 4.65. The molecule has 0 saturated carbocycles. The summed E-state index contributed by atoms with van der Waals surface area (Å²) in [7, 11) is 0. The number of ether oxygens (including phenoxy) is 3. The van der Waals surface area contributed by atoms with Crippen LogP contribution >= 0.6 is 12.6 Å². The van der Waals surface area contributed by atoms with Crippen LogP contribution in [0.1, 0.15) is 91.5 Å². The van der Waals surface area contributed by atoms with Crippen LogP contribution in [0, 0.1) is 0 Å². The average molecular weight is 840 g/mol. The molecule has 316 valence electrons. The highest BCUT2D eigenvalue weighted by atomic mass is 32.1. The molecule has 61 heavy (non-hydrogen) atoms. The van der Waals surface area contributed by atoms with Crippen LogP contribution in [0.15, 0.2) is 79.0 Å². The number of aromatic nitrogens is 5. The second kappa shape index (κ2) is 15.5. The molecule has 1 saturated heterocycles. The van der Waals surface area contributed by atoms with Crippen molar-refractivity contribution in [2.45, 2.75) is 97.7 Å². The summed E-state index contributed by atoms with van der Waals surface area (Å²) in [6.07, 6.45) is 3.67. The van der Waals surface area contributed by atoms with Gasteiger partial charge in [-0.25, -0.2) is 19.6 Å². The molecule has 0 radical (unpaired) electrons. The number of benzene rings is 4. The van der Waals surface area contributed by atoms with Gasteiger partial charge in [-0.1, -0.05) is 37.3 Å². The summed E-state index contributed by atoms with van der Waals surface area (Å²) in [5, 5.41) is 3.23. The van der Waals surface area contributed by atoms with Crippen LogP contribution in [0.5, 0.6) is 5.75 Å². The highest BCUT2D eigenvalue weighted by molar-refractivity contribution is 7.80. The number of rotatable bonds is 8. The lowest BCUT2D eigenvalue weighted by atomic mass is 9.99. The van der Waals surface area contributed by atoms with Crippen LogP contribution in [-0.2, 0) is 16.2 Å². The van der Waals surface area contributed by atoms with E-state index in [1.54, 1.807) is 9.80 Å². The van der Waals surface area contributed by atoms with Crippen molar-refractivity contribution in [2.24, 2.45) is 0 Å². The molecule has 4 aromatic carbocycles. The third-order valence-electron chi connectivity index (χ3n) is 11.4. The first-order chi connectivity index (χ1) is 29.2. The Hall–Kier alpha value is -5.95. The predicted molar refractivity (Wildman–Crippen MR) is 243 cm³/mol. The van der Waals surface area contributed by atoms with E-state index in [0.29, 0.717) is 31.4 Å². The molecular weight excluding hydrogens is 787 g/mol. The third kappa shape index (κ3) is 7.80. The number of carbonyl (C=O) groups is 2. The van der Waals surface area contributed by atoms with Crippen LogP contribution in [0.25, 0.3) is 66.4 Å². The number of likely N-dealkylation sites (tertiary alicyclic amines) is 1. The SMILES string of the molecule is CCCN(C(=O)OC(C)(C)C)[C@H](CS)c1nc2c(ccc3cc(-c4ccc5c(c4)cc4n5COc5cc(-c6cnc([C@@H]7CCCN7C(=O)OC(C)(C)C)[nH]6)ccc5-4)ccc32)[nH]1. The van der Waals surface area contributed by atoms with Gasteiger partial charge in [0.2, 0.25) is 0 Å². The van der Waals surface area contributed by atoms with Gasteiger partial charge in [-0.15, -0.1) is 0 Å². The lowest BCUT2D eigenvalue weighted by Gasteiger charge is -2.31. The van der Waals surface area contributed by atoms with E-state index in [-0.39, 0.29) is 24.3 Å². The number of carbonyl (C=O) groups excluding carboxylic acids is 2. The average Bonchev–Trinajstić information content (AvgIpc) is 4.04. The minimum Gasteiger partial charge on any atom is -0.472 e. The Kier molecular flexibility index (Phi) is 10.3. The Balaban J connectivity index is 0.964. The van der Waals surface area contributed by atoms with Crippen molar-refractivity contribution in [3.05, 3.63) is 90.6 Å². The van der Waals surface area contributed by atoms with E-state index >= 15 is 0 Å². The Morgan fingerprint density at radius 3 is 2.43 bits per heavy atom. The van der Waals surface area contributed by atoms with Gasteiger partial charge in [0.05, 0.1) is 40.2 Å². The Labute approximate surface area is 361 Å². The molecule has 9 rings (SSSR count). The second-order valence-electron chi connectivity index (χ2n) is 18.1. The van der Waals surface area contributed by atoms with E-state index < -0.39 is 11.2 Å². The number of hydrogen-bond donors (Lipinski definition) is 3. The van der Waals surface area contributed by atoms with E-state index in [1.807, 2.05) is 54.7 Å². The minimum absolute atomic E-state index is 0.153. The van der Waals surface area contributed by atoms with Crippen LogP contribution < -0.4 is 4.74 Å². The minimum atomic E-state index is -0.609.